The van der Waals surface area contributed by atoms with Crippen LogP contribution in [0.2, 0.25) is 0 Å². The number of nitrogens with two attached hydrogens (primary N) is 1. The Morgan fingerprint density at radius 3 is 2.76 bits per heavy atom. The van der Waals surface area contributed by atoms with E-state index in [2.05, 4.69) is 14.6 Å². The summed E-state index contributed by atoms with van der Waals surface area (Å²) >= 11 is 0. The fourth-order valence-corrected chi connectivity index (χ4v) is 1.58. The number of anilines is 1. The van der Waals surface area contributed by atoms with E-state index in [1.54, 1.807) is 6.07 Å². The van der Waals surface area contributed by atoms with Crippen molar-refractivity contribution in [2.24, 2.45) is 0 Å². The van der Waals surface area contributed by atoms with E-state index >= 15 is 0 Å². The summed E-state index contributed by atoms with van der Waals surface area (Å²) in [6.07, 6.45) is -3.66. The fraction of sp³-hybridized carbons (Fsp3) is 0.100. The third kappa shape index (κ3) is 1.55. The molecule has 0 fully saturated rings. The van der Waals surface area contributed by atoms with Gasteiger partial charge in [0.25, 0.3) is 0 Å². The maximum Gasteiger partial charge on any atom is 0.586 e. The molecule has 17 heavy (non-hydrogen) atoms. The summed E-state index contributed by atoms with van der Waals surface area (Å²) in [6, 6.07) is 5.87. The predicted octanol–water partition coefficient (Wildman–Crippen LogP) is 2.25. The molecule has 0 radical (unpaired) electrons. The molecule has 7 heteroatoms. The van der Waals surface area contributed by atoms with E-state index in [9.17, 15) is 8.78 Å². The first-order valence-corrected chi connectivity index (χ1v) is 4.66. The van der Waals surface area contributed by atoms with Crippen molar-refractivity contribution < 1.29 is 22.8 Å². The molecule has 0 aliphatic carbocycles. The highest BCUT2D eigenvalue weighted by molar-refractivity contribution is 5.72. The summed E-state index contributed by atoms with van der Waals surface area (Å²) in [5, 5.41) is 3.47. The van der Waals surface area contributed by atoms with Crippen molar-refractivity contribution in [1.82, 2.24) is 5.16 Å². The topological polar surface area (TPSA) is 70.5 Å². The van der Waals surface area contributed by atoms with Gasteiger partial charge in [-0.1, -0.05) is 11.2 Å². The minimum atomic E-state index is -3.66. The number of benzene rings is 1. The van der Waals surface area contributed by atoms with Crippen LogP contribution >= 0.6 is 0 Å². The average molecular weight is 240 g/mol. The zero-order chi connectivity index (χ0) is 12.0. The number of rotatable bonds is 1. The number of fused-ring (bicyclic) bond motifs is 1. The highest BCUT2D eigenvalue weighted by atomic mass is 19.3. The average Bonchev–Trinajstić information content (AvgIpc) is 2.78. The van der Waals surface area contributed by atoms with Gasteiger partial charge in [0.15, 0.2) is 23.1 Å². The van der Waals surface area contributed by atoms with E-state index in [0.29, 0.717) is 5.56 Å². The lowest BCUT2D eigenvalue weighted by atomic mass is 10.1. The molecule has 0 saturated carbocycles. The predicted molar refractivity (Wildman–Crippen MR) is 52.6 cm³/mol. The maximum atomic E-state index is 12.9. The third-order valence-electron chi connectivity index (χ3n) is 2.22. The number of nitrogen functional groups attached to an aromatic ring is 1. The third-order valence-corrected chi connectivity index (χ3v) is 2.22. The molecule has 1 aromatic heterocycles. The summed E-state index contributed by atoms with van der Waals surface area (Å²) in [7, 11) is 0. The molecule has 5 nitrogen and oxygen atoms in total. The van der Waals surface area contributed by atoms with Crippen LogP contribution in [0.3, 0.4) is 0 Å². The second kappa shape index (κ2) is 3.09. The molecule has 1 aliphatic heterocycles. The molecule has 0 spiro atoms. The summed E-state index contributed by atoms with van der Waals surface area (Å²) in [5.41, 5.74) is 5.70. The lowest BCUT2D eigenvalue weighted by Gasteiger charge is -2.05. The van der Waals surface area contributed by atoms with Crippen molar-refractivity contribution in [3.63, 3.8) is 0 Å². The molecule has 1 aliphatic rings. The number of ether oxygens (including phenoxy) is 2. The molecule has 88 valence electrons. The Morgan fingerprint density at radius 1 is 1.24 bits per heavy atom. The Kier molecular flexibility index (Phi) is 1.80. The van der Waals surface area contributed by atoms with Gasteiger partial charge in [0.05, 0.1) is 5.56 Å². The van der Waals surface area contributed by atoms with Gasteiger partial charge in [-0.3, -0.25) is 0 Å². The number of para-hydroxylation sites is 1. The van der Waals surface area contributed by atoms with Crippen molar-refractivity contribution >= 4 is 5.82 Å². The molecular formula is C10H6F2N2O3. The van der Waals surface area contributed by atoms with E-state index < -0.39 is 6.29 Å². The molecule has 1 aromatic carbocycles. The molecule has 2 heterocycles. The monoisotopic (exact) mass is 240 g/mol. The van der Waals surface area contributed by atoms with E-state index in [0.717, 1.165) is 0 Å². The fourth-order valence-electron chi connectivity index (χ4n) is 1.58. The van der Waals surface area contributed by atoms with Gasteiger partial charge in [-0.2, -0.15) is 0 Å². The van der Waals surface area contributed by atoms with Gasteiger partial charge >= 0.3 is 6.29 Å². The lowest BCUT2D eigenvalue weighted by Crippen LogP contribution is -2.26. The van der Waals surface area contributed by atoms with Crippen molar-refractivity contribution in [2.75, 3.05) is 5.73 Å². The van der Waals surface area contributed by atoms with Crippen LogP contribution in [0.1, 0.15) is 0 Å². The second-order valence-corrected chi connectivity index (χ2v) is 3.42. The van der Waals surface area contributed by atoms with Gasteiger partial charge in [0.1, 0.15) is 0 Å². The van der Waals surface area contributed by atoms with Gasteiger partial charge in [-0.15, -0.1) is 8.78 Å². The molecule has 2 N–H and O–H groups in total. The van der Waals surface area contributed by atoms with Crippen LogP contribution in [0.5, 0.6) is 11.5 Å². The molecule has 0 atom stereocenters. The second-order valence-electron chi connectivity index (χ2n) is 3.42. The van der Waals surface area contributed by atoms with Gasteiger partial charge in [0.2, 0.25) is 0 Å². The minimum absolute atomic E-state index is 0.0533. The van der Waals surface area contributed by atoms with Crippen LogP contribution in [-0.4, -0.2) is 11.5 Å². The van der Waals surface area contributed by atoms with E-state index in [4.69, 9.17) is 10.3 Å². The Hall–Kier alpha value is -2.31. The van der Waals surface area contributed by atoms with Crippen LogP contribution < -0.4 is 15.2 Å². The lowest BCUT2D eigenvalue weighted by molar-refractivity contribution is -0.286. The molecule has 0 unspecified atom stereocenters. The highest BCUT2D eigenvalue weighted by Gasteiger charge is 2.44. The Bertz CT molecular complexity index is 583. The number of hydrogen-bond acceptors (Lipinski definition) is 5. The van der Waals surface area contributed by atoms with Crippen LogP contribution in [-0.2, 0) is 0 Å². The van der Waals surface area contributed by atoms with Crippen molar-refractivity contribution in [3.05, 3.63) is 24.3 Å². The van der Waals surface area contributed by atoms with Crippen molar-refractivity contribution in [2.45, 2.75) is 6.29 Å². The molecule has 0 amide bonds. The number of hydrogen-bond donors (Lipinski definition) is 1. The quantitative estimate of drug-likeness (QED) is 0.827. The minimum Gasteiger partial charge on any atom is -0.395 e. The Labute approximate surface area is 93.7 Å². The number of alkyl halides is 2. The largest absolute Gasteiger partial charge is 0.586 e. The number of halogens is 2. The molecular weight excluding hydrogens is 234 g/mol. The van der Waals surface area contributed by atoms with Crippen molar-refractivity contribution in [1.29, 1.82) is 0 Å². The molecule has 0 bridgehead atoms. The van der Waals surface area contributed by atoms with Gasteiger partial charge in [0, 0.05) is 6.07 Å². The smallest absolute Gasteiger partial charge is 0.395 e. The number of nitrogens with zero attached hydrogens (tertiary/aromatic N) is 1. The molecule has 2 aromatic rings. The summed E-state index contributed by atoms with van der Waals surface area (Å²) < 4.78 is 39.5. The Morgan fingerprint density at radius 2 is 2.06 bits per heavy atom. The zero-order valence-electron chi connectivity index (χ0n) is 8.31. The summed E-state index contributed by atoms with van der Waals surface area (Å²) in [5.74, 6) is 0.250. The summed E-state index contributed by atoms with van der Waals surface area (Å²) in [4.78, 5) is 0. The van der Waals surface area contributed by atoms with Crippen LogP contribution in [0.15, 0.2) is 28.8 Å². The zero-order valence-corrected chi connectivity index (χ0v) is 8.31. The standard InChI is InChI=1S/C10H6F2N2O3/c11-10(12)15-6-3-1-2-5(9(6)16-10)7-4-8(13)14-17-7/h1-4H,(H2,13,14). The molecule has 3 rings (SSSR count). The first-order valence-electron chi connectivity index (χ1n) is 4.66. The number of aromatic nitrogens is 1. The summed E-state index contributed by atoms with van der Waals surface area (Å²) in [6.45, 7) is 0. The normalized spacial score (nSPS) is 16.1. The van der Waals surface area contributed by atoms with Crippen LogP contribution in [0.25, 0.3) is 11.3 Å². The Balaban J connectivity index is 2.12. The van der Waals surface area contributed by atoms with E-state index in [-0.39, 0.29) is 23.1 Å². The first kappa shape index (κ1) is 9.88. The van der Waals surface area contributed by atoms with Gasteiger partial charge < -0.3 is 19.7 Å². The SMILES string of the molecule is Nc1cc(-c2cccc3c2OC(F)(F)O3)on1. The van der Waals surface area contributed by atoms with Gasteiger partial charge in [-0.05, 0) is 12.1 Å². The maximum absolute atomic E-state index is 12.9. The van der Waals surface area contributed by atoms with Crippen LogP contribution in [0.4, 0.5) is 14.6 Å². The highest BCUT2D eigenvalue weighted by Crippen LogP contribution is 2.47. The van der Waals surface area contributed by atoms with E-state index in [1.165, 1.54) is 18.2 Å². The van der Waals surface area contributed by atoms with Gasteiger partial charge in [-0.25, -0.2) is 0 Å². The first-order chi connectivity index (χ1) is 8.05. The van der Waals surface area contributed by atoms with E-state index in [1.807, 2.05) is 0 Å². The van der Waals surface area contributed by atoms with Crippen molar-refractivity contribution in [3.8, 4) is 22.8 Å². The molecule has 0 saturated heterocycles. The van der Waals surface area contributed by atoms with Crippen LogP contribution in [0, 0.1) is 0 Å².